The SMILES string of the molecule is CCN(CC)c1ccc(CNC(=NC)NC2CCc3nc(COC)nn3C2)cc1F.I. The number of rotatable bonds is 8. The number of aryl methyl sites for hydroxylation is 1. The van der Waals surface area contributed by atoms with E-state index in [0.29, 0.717) is 30.6 Å². The molecule has 1 aliphatic heterocycles. The normalized spacial score (nSPS) is 15.8. The van der Waals surface area contributed by atoms with Gasteiger partial charge in [-0.2, -0.15) is 5.10 Å². The molecule has 0 aliphatic carbocycles. The fourth-order valence-corrected chi connectivity index (χ4v) is 3.72. The lowest BCUT2D eigenvalue weighted by Crippen LogP contribution is -2.46. The van der Waals surface area contributed by atoms with Gasteiger partial charge in [-0.3, -0.25) is 4.99 Å². The number of aromatic nitrogens is 3. The standard InChI is InChI=1S/C21H32FN7O.HI/c1-5-28(6-2)18-9-7-15(11-17(18)22)12-24-21(23-3)25-16-8-10-20-26-19(14-30-4)27-29(20)13-16;/h7,9,11,16H,5-6,8,10,12-14H2,1-4H3,(H2,23,24,25);1H. The Morgan fingerprint density at radius 1 is 1.35 bits per heavy atom. The van der Waals surface area contributed by atoms with Gasteiger partial charge in [0, 0.05) is 46.3 Å². The highest BCUT2D eigenvalue weighted by molar-refractivity contribution is 14.0. The smallest absolute Gasteiger partial charge is 0.191 e. The number of ether oxygens (including phenoxy) is 1. The van der Waals surface area contributed by atoms with Crippen LogP contribution in [0.2, 0.25) is 0 Å². The third-order valence-electron chi connectivity index (χ3n) is 5.32. The molecule has 1 unspecified atom stereocenters. The van der Waals surface area contributed by atoms with Crippen molar-refractivity contribution in [3.8, 4) is 0 Å². The number of fused-ring (bicyclic) bond motifs is 1. The lowest BCUT2D eigenvalue weighted by molar-refractivity contribution is 0.177. The Bertz CT molecular complexity index is 869. The lowest BCUT2D eigenvalue weighted by Gasteiger charge is -2.25. The Labute approximate surface area is 200 Å². The van der Waals surface area contributed by atoms with Crippen molar-refractivity contribution >= 4 is 35.6 Å². The van der Waals surface area contributed by atoms with Crippen molar-refractivity contribution in [2.75, 3.05) is 32.1 Å². The van der Waals surface area contributed by atoms with Gasteiger partial charge in [0.25, 0.3) is 0 Å². The van der Waals surface area contributed by atoms with Crippen LogP contribution < -0.4 is 15.5 Å². The van der Waals surface area contributed by atoms with Crippen LogP contribution in [0.3, 0.4) is 0 Å². The highest BCUT2D eigenvalue weighted by Gasteiger charge is 2.22. The molecule has 2 aromatic rings. The van der Waals surface area contributed by atoms with Crippen LogP contribution in [0.1, 0.15) is 37.5 Å². The first-order chi connectivity index (χ1) is 14.6. The summed E-state index contributed by atoms with van der Waals surface area (Å²) in [7, 11) is 3.38. The molecule has 172 valence electrons. The average molecular weight is 545 g/mol. The summed E-state index contributed by atoms with van der Waals surface area (Å²) < 4.78 is 21.6. The zero-order valence-corrected chi connectivity index (χ0v) is 21.0. The quantitative estimate of drug-likeness (QED) is 0.302. The summed E-state index contributed by atoms with van der Waals surface area (Å²) in [5.41, 5.74) is 1.52. The number of halogens is 2. The molecule has 31 heavy (non-hydrogen) atoms. The van der Waals surface area contributed by atoms with E-state index in [2.05, 4.69) is 25.7 Å². The molecule has 0 radical (unpaired) electrons. The maximum absolute atomic E-state index is 14.5. The summed E-state index contributed by atoms with van der Waals surface area (Å²) in [4.78, 5) is 10.8. The van der Waals surface area contributed by atoms with E-state index in [1.54, 1.807) is 20.2 Å². The molecule has 1 aromatic heterocycles. The maximum Gasteiger partial charge on any atom is 0.191 e. The first-order valence-electron chi connectivity index (χ1n) is 10.5. The van der Waals surface area contributed by atoms with Crippen LogP contribution in [-0.4, -0.2) is 54.0 Å². The van der Waals surface area contributed by atoms with Gasteiger partial charge in [-0.05, 0) is 38.0 Å². The predicted molar refractivity (Wildman–Crippen MR) is 132 cm³/mol. The molecule has 0 fully saturated rings. The highest BCUT2D eigenvalue weighted by atomic mass is 127. The summed E-state index contributed by atoms with van der Waals surface area (Å²) in [5, 5.41) is 11.2. The minimum atomic E-state index is -0.196. The van der Waals surface area contributed by atoms with Crippen molar-refractivity contribution in [2.45, 2.75) is 52.4 Å². The fourth-order valence-electron chi connectivity index (χ4n) is 3.72. The van der Waals surface area contributed by atoms with Crippen LogP contribution in [0.25, 0.3) is 0 Å². The van der Waals surface area contributed by atoms with Crippen molar-refractivity contribution in [1.29, 1.82) is 0 Å². The first-order valence-corrected chi connectivity index (χ1v) is 10.5. The molecular formula is C21H33FIN7O. The van der Waals surface area contributed by atoms with Gasteiger partial charge in [0.1, 0.15) is 18.2 Å². The Morgan fingerprint density at radius 2 is 2.13 bits per heavy atom. The Kier molecular flexibility index (Phi) is 9.94. The van der Waals surface area contributed by atoms with E-state index in [-0.39, 0.29) is 35.8 Å². The summed E-state index contributed by atoms with van der Waals surface area (Å²) in [5.74, 6) is 2.20. The third kappa shape index (κ3) is 6.52. The van der Waals surface area contributed by atoms with Crippen molar-refractivity contribution in [1.82, 2.24) is 25.4 Å². The summed E-state index contributed by atoms with van der Waals surface area (Å²) in [6.07, 6.45) is 1.79. The van der Waals surface area contributed by atoms with E-state index in [0.717, 1.165) is 43.9 Å². The Hall–Kier alpha value is -1.95. The minimum absolute atomic E-state index is 0. The van der Waals surface area contributed by atoms with Gasteiger partial charge < -0.3 is 20.3 Å². The van der Waals surface area contributed by atoms with E-state index in [1.807, 2.05) is 35.6 Å². The van der Waals surface area contributed by atoms with Gasteiger partial charge in [-0.15, -0.1) is 24.0 Å². The van der Waals surface area contributed by atoms with Gasteiger partial charge in [0.15, 0.2) is 11.8 Å². The molecule has 1 aliphatic rings. The minimum Gasteiger partial charge on any atom is -0.377 e. The fraction of sp³-hybridized carbons (Fsp3) is 0.571. The van der Waals surface area contributed by atoms with Gasteiger partial charge in [-0.1, -0.05) is 6.07 Å². The van der Waals surface area contributed by atoms with Crippen molar-refractivity contribution in [2.24, 2.45) is 4.99 Å². The number of nitrogens with zero attached hydrogens (tertiary/aromatic N) is 5. The third-order valence-corrected chi connectivity index (χ3v) is 5.32. The second-order valence-corrected chi connectivity index (χ2v) is 7.32. The first kappa shape index (κ1) is 25.3. The number of methoxy groups -OCH3 is 1. The van der Waals surface area contributed by atoms with Gasteiger partial charge in [-0.25, -0.2) is 14.1 Å². The second kappa shape index (κ2) is 12.2. The number of aliphatic imine (C=N–C) groups is 1. The van der Waals surface area contributed by atoms with Crippen LogP contribution in [0.4, 0.5) is 10.1 Å². The maximum atomic E-state index is 14.5. The molecule has 0 saturated heterocycles. The predicted octanol–water partition coefficient (Wildman–Crippen LogP) is 2.71. The van der Waals surface area contributed by atoms with Crippen LogP contribution in [0.15, 0.2) is 23.2 Å². The molecule has 1 atom stereocenters. The van der Waals surface area contributed by atoms with Crippen LogP contribution in [-0.2, 0) is 30.9 Å². The molecule has 0 saturated carbocycles. The van der Waals surface area contributed by atoms with Crippen LogP contribution in [0.5, 0.6) is 0 Å². The van der Waals surface area contributed by atoms with E-state index in [4.69, 9.17) is 4.74 Å². The monoisotopic (exact) mass is 545 g/mol. The molecule has 0 spiro atoms. The topological polar surface area (TPSA) is 79.6 Å². The van der Waals surface area contributed by atoms with Crippen molar-refractivity contribution in [3.63, 3.8) is 0 Å². The molecule has 8 nitrogen and oxygen atoms in total. The lowest BCUT2D eigenvalue weighted by atomic mass is 10.1. The molecule has 0 amide bonds. The highest BCUT2D eigenvalue weighted by Crippen LogP contribution is 2.20. The zero-order chi connectivity index (χ0) is 21.5. The van der Waals surface area contributed by atoms with Gasteiger partial charge >= 0.3 is 0 Å². The van der Waals surface area contributed by atoms with Crippen molar-refractivity contribution < 1.29 is 9.13 Å². The van der Waals surface area contributed by atoms with E-state index in [1.165, 1.54) is 0 Å². The molecule has 10 heteroatoms. The van der Waals surface area contributed by atoms with Crippen LogP contribution in [0, 0.1) is 5.82 Å². The second-order valence-electron chi connectivity index (χ2n) is 7.32. The summed E-state index contributed by atoms with van der Waals surface area (Å²) >= 11 is 0. The molecular weight excluding hydrogens is 512 g/mol. The average Bonchev–Trinajstić information content (AvgIpc) is 3.15. The van der Waals surface area contributed by atoms with Gasteiger partial charge in [0.05, 0.1) is 12.2 Å². The molecule has 3 rings (SSSR count). The Morgan fingerprint density at radius 3 is 2.77 bits per heavy atom. The Balaban J connectivity index is 0.00000341. The number of guanidine groups is 1. The van der Waals surface area contributed by atoms with E-state index in [9.17, 15) is 4.39 Å². The summed E-state index contributed by atoms with van der Waals surface area (Å²) in [6, 6.07) is 5.59. The zero-order valence-electron chi connectivity index (χ0n) is 18.7. The molecule has 1 aromatic carbocycles. The number of hydrogen-bond donors (Lipinski definition) is 2. The van der Waals surface area contributed by atoms with Gasteiger partial charge in [0.2, 0.25) is 0 Å². The molecule has 0 bridgehead atoms. The van der Waals surface area contributed by atoms with E-state index < -0.39 is 0 Å². The van der Waals surface area contributed by atoms with Crippen molar-refractivity contribution in [3.05, 3.63) is 41.2 Å². The number of benzene rings is 1. The number of nitrogens with one attached hydrogen (secondary N) is 2. The number of anilines is 1. The van der Waals surface area contributed by atoms with E-state index >= 15 is 0 Å². The largest absolute Gasteiger partial charge is 0.377 e. The number of hydrogen-bond acceptors (Lipinski definition) is 5. The molecule has 2 N–H and O–H groups in total. The summed E-state index contributed by atoms with van der Waals surface area (Å²) in [6.45, 7) is 7.26. The van der Waals surface area contributed by atoms with Crippen LogP contribution >= 0.6 is 24.0 Å². The molecule has 2 heterocycles.